The molecule has 1 aliphatic heterocycles. The van der Waals surface area contributed by atoms with Gasteiger partial charge in [0.05, 0.1) is 0 Å². The Kier molecular flexibility index (Phi) is 5.91. The van der Waals surface area contributed by atoms with Crippen LogP contribution in [0.5, 0.6) is 0 Å². The Morgan fingerprint density at radius 2 is 1.88 bits per heavy atom. The summed E-state index contributed by atoms with van der Waals surface area (Å²) in [6.45, 7) is 1.80. The molecule has 3 nitrogen and oxygen atoms in total. The number of carbonyl (C=O) groups is 1. The molecule has 1 fully saturated rings. The van der Waals surface area contributed by atoms with Gasteiger partial charge >= 0.3 is 0 Å². The van der Waals surface area contributed by atoms with E-state index in [-0.39, 0.29) is 5.91 Å². The highest BCUT2D eigenvalue weighted by Crippen LogP contribution is 2.24. The number of para-hydroxylation sites is 1. The number of aryl methyl sites for hydroxylation is 1. The number of hydrogen-bond donors (Lipinski definition) is 1. The van der Waals surface area contributed by atoms with Crippen LogP contribution in [0.1, 0.15) is 24.8 Å². The van der Waals surface area contributed by atoms with Crippen molar-refractivity contribution in [3.8, 4) is 0 Å². The van der Waals surface area contributed by atoms with Gasteiger partial charge in [-0.2, -0.15) is 0 Å². The molecule has 1 heterocycles. The van der Waals surface area contributed by atoms with E-state index in [9.17, 15) is 4.79 Å². The first-order chi connectivity index (χ1) is 11.7. The van der Waals surface area contributed by atoms with Crippen molar-refractivity contribution in [2.75, 3.05) is 18.0 Å². The van der Waals surface area contributed by atoms with Crippen molar-refractivity contribution in [1.29, 1.82) is 0 Å². The van der Waals surface area contributed by atoms with Crippen LogP contribution < -0.4 is 10.2 Å². The second-order valence-corrected chi connectivity index (χ2v) is 7.07. The molecule has 2 aromatic carbocycles. The number of benzene rings is 2. The lowest BCUT2D eigenvalue weighted by atomic mass is 10.1. The van der Waals surface area contributed by atoms with Gasteiger partial charge in [-0.05, 0) is 43.0 Å². The van der Waals surface area contributed by atoms with E-state index in [4.69, 9.17) is 0 Å². The van der Waals surface area contributed by atoms with Gasteiger partial charge in [0, 0.05) is 35.7 Å². The van der Waals surface area contributed by atoms with Gasteiger partial charge < -0.3 is 10.2 Å². The largest absolute Gasteiger partial charge is 0.367 e. The summed E-state index contributed by atoms with van der Waals surface area (Å²) in [6.07, 6.45) is 3.62. The zero-order valence-corrected chi connectivity index (χ0v) is 15.3. The molecule has 126 valence electrons. The van der Waals surface area contributed by atoms with Crippen molar-refractivity contribution in [1.82, 2.24) is 5.32 Å². The maximum atomic E-state index is 12.2. The van der Waals surface area contributed by atoms with Crippen molar-refractivity contribution in [3.63, 3.8) is 0 Å². The molecule has 0 aromatic heterocycles. The van der Waals surface area contributed by atoms with Gasteiger partial charge in [-0.15, -0.1) is 0 Å². The van der Waals surface area contributed by atoms with Gasteiger partial charge in [0.1, 0.15) is 0 Å². The van der Waals surface area contributed by atoms with E-state index in [0.717, 1.165) is 30.4 Å². The third kappa shape index (κ3) is 4.38. The summed E-state index contributed by atoms with van der Waals surface area (Å²) in [7, 11) is 0. The summed E-state index contributed by atoms with van der Waals surface area (Å²) in [5, 5.41) is 3.12. The molecule has 1 saturated heterocycles. The van der Waals surface area contributed by atoms with Crippen LogP contribution in [-0.2, 0) is 11.2 Å². The van der Waals surface area contributed by atoms with Crippen molar-refractivity contribution < 1.29 is 4.79 Å². The number of halogens is 1. The molecule has 1 unspecified atom stereocenters. The highest BCUT2D eigenvalue weighted by Gasteiger charge is 2.24. The number of rotatable bonds is 6. The molecular formula is C20H23BrN2O. The third-order valence-corrected chi connectivity index (χ3v) is 5.35. The SMILES string of the molecule is O=C(CCc1ccccc1Br)NCC1CCCN1c1ccccc1. The van der Waals surface area contributed by atoms with Crippen LogP contribution in [0.3, 0.4) is 0 Å². The summed E-state index contributed by atoms with van der Waals surface area (Å²) >= 11 is 3.53. The van der Waals surface area contributed by atoms with E-state index in [2.05, 4.69) is 56.5 Å². The highest BCUT2D eigenvalue weighted by atomic mass is 79.9. The maximum Gasteiger partial charge on any atom is 0.220 e. The van der Waals surface area contributed by atoms with E-state index < -0.39 is 0 Å². The molecule has 2 aromatic rings. The van der Waals surface area contributed by atoms with Gasteiger partial charge in [-0.3, -0.25) is 4.79 Å². The Morgan fingerprint density at radius 3 is 2.67 bits per heavy atom. The Bertz CT molecular complexity index is 674. The summed E-state index contributed by atoms with van der Waals surface area (Å²) < 4.78 is 1.07. The fourth-order valence-corrected chi connectivity index (χ4v) is 3.76. The van der Waals surface area contributed by atoms with E-state index >= 15 is 0 Å². The third-order valence-electron chi connectivity index (χ3n) is 4.58. The summed E-state index contributed by atoms with van der Waals surface area (Å²) in [4.78, 5) is 14.6. The smallest absolute Gasteiger partial charge is 0.220 e. The Balaban J connectivity index is 1.48. The van der Waals surface area contributed by atoms with Crippen LogP contribution in [0, 0.1) is 0 Å². The van der Waals surface area contributed by atoms with Gasteiger partial charge in [0.15, 0.2) is 0 Å². The first kappa shape index (κ1) is 17.0. The van der Waals surface area contributed by atoms with E-state index in [0.29, 0.717) is 12.5 Å². The zero-order valence-electron chi connectivity index (χ0n) is 13.7. The fourth-order valence-electron chi connectivity index (χ4n) is 3.28. The van der Waals surface area contributed by atoms with Crippen LogP contribution in [0.15, 0.2) is 59.1 Å². The minimum absolute atomic E-state index is 0.130. The highest BCUT2D eigenvalue weighted by molar-refractivity contribution is 9.10. The first-order valence-electron chi connectivity index (χ1n) is 8.56. The molecule has 0 saturated carbocycles. The van der Waals surface area contributed by atoms with Crippen LogP contribution in [-0.4, -0.2) is 25.0 Å². The molecular weight excluding hydrogens is 364 g/mol. The molecule has 1 N–H and O–H groups in total. The van der Waals surface area contributed by atoms with Crippen LogP contribution in [0.4, 0.5) is 5.69 Å². The fraction of sp³-hybridized carbons (Fsp3) is 0.350. The van der Waals surface area contributed by atoms with Crippen molar-refractivity contribution in [3.05, 3.63) is 64.6 Å². The van der Waals surface area contributed by atoms with Crippen LogP contribution >= 0.6 is 15.9 Å². The molecule has 0 bridgehead atoms. The molecule has 1 atom stereocenters. The maximum absolute atomic E-state index is 12.2. The van der Waals surface area contributed by atoms with E-state index in [1.54, 1.807) is 0 Å². The lowest BCUT2D eigenvalue weighted by Gasteiger charge is -2.27. The molecule has 1 amide bonds. The Hall–Kier alpha value is -1.81. The van der Waals surface area contributed by atoms with Gasteiger partial charge in [0.25, 0.3) is 0 Å². The number of nitrogens with one attached hydrogen (secondary N) is 1. The molecule has 1 aliphatic rings. The summed E-state index contributed by atoms with van der Waals surface area (Å²) in [6, 6.07) is 19.0. The van der Waals surface area contributed by atoms with Crippen molar-refractivity contribution >= 4 is 27.5 Å². The zero-order chi connectivity index (χ0) is 16.8. The molecule has 0 spiro atoms. The first-order valence-corrected chi connectivity index (χ1v) is 9.35. The van der Waals surface area contributed by atoms with Crippen LogP contribution in [0.25, 0.3) is 0 Å². The lowest BCUT2D eigenvalue weighted by Crippen LogP contribution is -2.40. The number of anilines is 1. The average Bonchev–Trinajstić information content (AvgIpc) is 3.08. The Labute approximate surface area is 152 Å². The summed E-state index contributed by atoms with van der Waals surface area (Å²) in [5.41, 5.74) is 2.43. The van der Waals surface area contributed by atoms with E-state index in [1.165, 1.54) is 17.7 Å². The quantitative estimate of drug-likeness (QED) is 0.807. The number of hydrogen-bond acceptors (Lipinski definition) is 2. The second-order valence-electron chi connectivity index (χ2n) is 6.22. The number of amides is 1. The summed E-state index contributed by atoms with van der Waals surface area (Å²) in [5.74, 6) is 0.130. The van der Waals surface area contributed by atoms with E-state index in [1.807, 2.05) is 24.3 Å². The molecule has 0 radical (unpaired) electrons. The minimum Gasteiger partial charge on any atom is -0.367 e. The predicted molar refractivity (Wildman–Crippen MR) is 102 cm³/mol. The average molecular weight is 387 g/mol. The normalized spacial score (nSPS) is 17.0. The number of nitrogens with zero attached hydrogens (tertiary/aromatic N) is 1. The van der Waals surface area contributed by atoms with Crippen LogP contribution in [0.2, 0.25) is 0 Å². The molecule has 3 rings (SSSR count). The lowest BCUT2D eigenvalue weighted by molar-refractivity contribution is -0.121. The predicted octanol–water partition coefficient (Wildman–Crippen LogP) is 4.17. The Morgan fingerprint density at radius 1 is 1.12 bits per heavy atom. The molecule has 4 heteroatoms. The topological polar surface area (TPSA) is 32.3 Å². The molecule has 0 aliphatic carbocycles. The standard InChI is InChI=1S/C20H23BrN2O/c21-19-11-5-4-7-16(19)12-13-20(24)22-15-18-10-6-14-23(18)17-8-2-1-3-9-17/h1-5,7-9,11,18H,6,10,12-15H2,(H,22,24). The van der Waals surface area contributed by atoms with Crippen molar-refractivity contribution in [2.45, 2.75) is 31.7 Å². The van der Waals surface area contributed by atoms with Gasteiger partial charge in [-0.25, -0.2) is 0 Å². The van der Waals surface area contributed by atoms with Gasteiger partial charge in [0.2, 0.25) is 5.91 Å². The second kappa shape index (κ2) is 8.34. The monoisotopic (exact) mass is 386 g/mol. The minimum atomic E-state index is 0.130. The molecule has 24 heavy (non-hydrogen) atoms. The van der Waals surface area contributed by atoms with Gasteiger partial charge in [-0.1, -0.05) is 52.3 Å². The van der Waals surface area contributed by atoms with Crippen molar-refractivity contribution in [2.24, 2.45) is 0 Å². The number of carbonyl (C=O) groups excluding carboxylic acids is 1.